The van der Waals surface area contributed by atoms with E-state index in [2.05, 4.69) is 473 Å². The first-order valence-corrected chi connectivity index (χ1v) is 51.2. The molecule has 0 bridgehead atoms. The van der Waals surface area contributed by atoms with Crippen molar-refractivity contribution in [2.75, 3.05) is 0 Å². The Labute approximate surface area is 845 Å². The van der Waals surface area contributed by atoms with Crippen LogP contribution < -0.4 is 0 Å². The summed E-state index contributed by atoms with van der Waals surface area (Å²) < 4.78 is 16.8. The van der Waals surface area contributed by atoms with Gasteiger partial charge in [0.2, 0.25) is 17.8 Å². The first-order chi connectivity index (χ1) is 71.9. The summed E-state index contributed by atoms with van der Waals surface area (Å²) >= 11 is 5.57. The van der Waals surface area contributed by atoms with Crippen molar-refractivity contribution in [2.24, 2.45) is 0 Å². The lowest BCUT2D eigenvalue weighted by Crippen LogP contribution is -2.02. The van der Waals surface area contributed by atoms with Crippen LogP contribution in [-0.2, 0) is 0 Å². The van der Waals surface area contributed by atoms with E-state index in [9.17, 15) is 0 Å². The maximum Gasteiger partial charge on any atom is 0.235 e. The average molecular weight is 1900 g/mol. The molecule has 0 fully saturated rings. The van der Waals surface area contributed by atoms with Crippen molar-refractivity contribution in [1.29, 1.82) is 0 Å². The quantitative estimate of drug-likeness (QED) is 0.114. The average Bonchev–Trinajstić information content (AvgIpc) is 1.58. The molecule has 678 valence electrons. The lowest BCUT2D eigenvalue weighted by atomic mass is 9.99. The second-order valence-corrected chi connectivity index (χ2v) is 39.8. The molecule has 10 nitrogen and oxygen atoms in total. The molecule has 30 rings (SSSR count). The van der Waals surface area contributed by atoms with Crippen LogP contribution in [0.4, 0.5) is 0 Å². The van der Waals surface area contributed by atoms with E-state index in [0.717, 1.165) is 77.9 Å². The largest absolute Gasteiger partial charge is 0.309 e. The lowest BCUT2D eigenvalue weighted by molar-refractivity contribution is 0.991. The predicted octanol–water partition coefficient (Wildman–Crippen LogP) is 35.9. The van der Waals surface area contributed by atoms with Gasteiger partial charge in [-0.15, -0.1) is 34.0 Å². The molecule has 0 atom stereocenters. The summed E-state index contributed by atoms with van der Waals surface area (Å²) in [6, 6.07) is 171. The van der Waals surface area contributed by atoms with Gasteiger partial charge < -0.3 is 4.57 Å². The molecule has 0 amide bonds. The van der Waals surface area contributed by atoms with Gasteiger partial charge in [-0.1, -0.05) is 376 Å². The number of nitrogens with zero attached hydrogens (tertiary/aromatic N) is 10. The SMILES string of the molecule is c1cc(-c2ccnc(-n3c4ccccc4c4cc(-n5c6ccccc6c6ccccc65)ccc43)n2)cc(-c2cccc3c2sc2ccccc23)c1.c1ccc(-c2ccc(-c3ccc(-c4ccnc(-n5c6ccccc6c6cc(-c7cccc8c7sc7ccccc78)ccc65)n4)cc3)cc2)cc1.c1ccc(-c2ccc3c4ccccc4n(-c4nccc(-c5cccc6c5sc5c(-c7ccccc7)cccc56)n4)c3c2)cc1. The third kappa shape index (κ3) is 14.6. The summed E-state index contributed by atoms with van der Waals surface area (Å²) in [5, 5.41) is 17.4. The Hall–Kier alpha value is -18.5. The van der Waals surface area contributed by atoms with Gasteiger partial charge in [0.1, 0.15) is 0 Å². The highest BCUT2D eigenvalue weighted by atomic mass is 32.1. The second kappa shape index (κ2) is 35.4. The minimum atomic E-state index is 0.653. The lowest BCUT2D eigenvalue weighted by Gasteiger charge is -2.11. The third-order valence-corrected chi connectivity index (χ3v) is 32.2. The molecule has 0 spiro atoms. The number of aromatic nitrogens is 10. The van der Waals surface area contributed by atoms with Crippen LogP contribution in [0.3, 0.4) is 0 Å². The number of fused-ring (bicyclic) bond motifs is 21. The van der Waals surface area contributed by atoms with Gasteiger partial charge in [0.15, 0.2) is 0 Å². The van der Waals surface area contributed by atoms with E-state index in [1.807, 2.05) is 76.9 Å². The van der Waals surface area contributed by atoms with Crippen LogP contribution in [0.2, 0.25) is 0 Å². The highest BCUT2D eigenvalue weighted by molar-refractivity contribution is 7.27. The fourth-order valence-corrected chi connectivity index (χ4v) is 25.5. The van der Waals surface area contributed by atoms with Crippen molar-refractivity contribution in [1.82, 2.24) is 48.2 Å². The number of benzene rings is 20. The summed E-state index contributed by atoms with van der Waals surface area (Å²) in [5.74, 6) is 1.98. The zero-order chi connectivity index (χ0) is 95.5. The van der Waals surface area contributed by atoms with Crippen LogP contribution in [0, 0.1) is 0 Å². The Morgan fingerprint density at radius 1 is 0.152 bits per heavy atom. The molecule has 13 heteroatoms. The highest BCUT2D eigenvalue weighted by Gasteiger charge is 2.25. The first kappa shape index (κ1) is 84.6. The van der Waals surface area contributed by atoms with Gasteiger partial charge in [0, 0.05) is 145 Å². The van der Waals surface area contributed by atoms with Crippen LogP contribution in [0.5, 0.6) is 0 Å². The molecule has 0 aliphatic heterocycles. The molecule has 0 saturated heterocycles. The van der Waals surface area contributed by atoms with Crippen molar-refractivity contribution in [3.8, 4) is 124 Å². The van der Waals surface area contributed by atoms with Crippen LogP contribution in [0.1, 0.15) is 0 Å². The maximum absolute atomic E-state index is 5.25. The van der Waals surface area contributed by atoms with E-state index in [1.54, 1.807) is 0 Å². The third-order valence-electron chi connectivity index (χ3n) is 28.5. The van der Waals surface area contributed by atoms with Gasteiger partial charge in [0.05, 0.1) is 61.2 Å². The van der Waals surface area contributed by atoms with Gasteiger partial charge in [0.25, 0.3) is 0 Å². The molecule has 10 aromatic heterocycles. The molecular weight excluding hydrogens is 1820 g/mol. The van der Waals surface area contributed by atoms with Crippen LogP contribution in [-0.4, -0.2) is 48.2 Å². The Morgan fingerprint density at radius 3 is 0.966 bits per heavy atom. The molecule has 0 aliphatic carbocycles. The summed E-state index contributed by atoms with van der Waals surface area (Å²) in [5.41, 5.74) is 30.5. The van der Waals surface area contributed by atoms with Gasteiger partial charge in [-0.3, -0.25) is 13.7 Å². The summed E-state index contributed by atoms with van der Waals surface area (Å²) in [6.45, 7) is 0. The molecular formula is C132H82N10S3. The Morgan fingerprint density at radius 2 is 0.455 bits per heavy atom. The van der Waals surface area contributed by atoms with Crippen molar-refractivity contribution in [3.63, 3.8) is 0 Å². The fraction of sp³-hybridized carbons (Fsp3) is 0. The van der Waals surface area contributed by atoms with Gasteiger partial charge in [-0.2, -0.15) is 0 Å². The number of hydrogen-bond acceptors (Lipinski definition) is 9. The van der Waals surface area contributed by atoms with Crippen LogP contribution >= 0.6 is 34.0 Å². The number of rotatable bonds is 13. The minimum absolute atomic E-state index is 0.653. The summed E-state index contributed by atoms with van der Waals surface area (Å²) in [6.07, 6.45) is 5.63. The number of thiophene rings is 3. The maximum atomic E-state index is 5.25. The molecule has 145 heavy (non-hydrogen) atoms. The zero-order valence-electron chi connectivity index (χ0n) is 78.0. The normalized spacial score (nSPS) is 11.7. The van der Waals surface area contributed by atoms with E-state index in [1.165, 1.54) is 176 Å². The van der Waals surface area contributed by atoms with Crippen molar-refractivity contribution in [3.05, 3.63) is 498 Å². The Kier molecular flexibility index (Phi) is 20.6. The van der Waals surface area contributed by atoms with Crippen molar-refractivity contribution in [2.45, 2.75) is 0 Å². The molecule has 10 heterocycles. The van der Waals surface area contributed by atoms with Crippen LogP contribution in [0.25, 0.3) is 272 Å². The predicted molar refractivity (Wildman–Crippen MR) is 611 cm³/mol. The second-order valence-electron chi connectivity index (χ2n) is 36.7. The summed E-state index contributed by atoms with van der Waals surface area (Å²) in [4.78, 5) is 30.1. The van der Waals surface area contributed by atoms with E-state index in [-0.39, 0.29) is 0 Å². The molecule has 0 saturated carbocycles. The van der Waals surface area contributed by atoms with E-state index in [4.69, 9.17) is 29.9 Å². The van der Waals surface area contributed by atoms with E-state index in [0.29, 0.717) is 17.8 Å². The smallest absolute Gasteiger partial charge is 0.235 e. The highest BCUT2D eigenvalue weighted by Crippen LogP contribution is 2.49. The van der Waals surface area contributed by atoms with Crippen molar-refractivity contribution < 1.29 is 0 Å². The Balaban J connectivity index is 0.000000106. The van der Waals surface area contributed by atoms with Gasteiger partial charge >= 0.3 is 0 Å². The number of para-hydroxylation sites is 5. The topological polar surface area (TPSA) is 97.1 Å². The van der Waals surface area contributed by atoms with Crippen LogP contribution in [0.15, 0.2) is 498 Å². The Bertz CT molecular complexity index is 10300. The monoisotopic (exact) mass is 1900 g/mol. The zero-order valence-corrected chi connectivity index (χ0v) is 80.5. The molecule has 20 aromatic carbocycles. The minimum Gasteiger partial charge on any atom is -0.309 e. The van der Waals surface area contributed by atoms with Gasteiger partial charge in [-0.25, -0.2) is 29.9 Å². The fourth-order valence-electron chi connectivity index (χ4n) is 21.7. The number of hydrogen-bond donors (Lipinski definition) is 0. The molecule has 0 N–H and O–H groups in total. The van der Waals surface area contributed by atoms with E-state index < -0.39 is 0 Å². The molecule has 30 aromatic rings. The molecule has 0 aliphatic rings. The first-order valence-electron chi connectivity index (χ1n) is 48.7. The summed E-state index contributed by atoms with van der Waals surface area (Å²) in [7, 11) is 0. The van der Waals surface area contributed by atoms with Crippen molar-refractivity contribution >= 4 is 182 Å². The van der Waals surface area contributed by atoms with E-state index >= 15 is 0 Å². The standard InChI is InChI=1S/C46H28N4S.C46H29N3S.C40H25N3S/c1-5-19-40-33(13-1)34-14-2-6-20-41(34)49(40)31-23-24-43-38(28-31)35-15-3-7-21-42(35)50(43)46-47-26-25-39(48-46)30-12-9-11-29(27-30)32-17-10-18-37-36-16-4-8-22-44(36)51-45(32)37;1-2-9-30(10-3-1)31-17-19-32(20-18-31)33-21-23-34(24-22-33)41-27-28-47-46(48-41)49-42-15-6-4-11-37(42)40-29-35(25-26-43(40)49)36-13-8-14-39-38-12-5-7-16-44(38)50-45(36)39;1-3-11-26(12-4-1)28-21-22-31-30-15-7-8-20-36(30)43(37(31)25-28)40-41-24-23-35(42-40)34-19-10-18-33-32-17-9-16-29(38(32)44-39(33)34)27-13-5-2-6-14-27/h1-28H;1-29H;1-25H. The molecule has 0 unspecified atom stereocenters. The molecule has 0 radical (unpaired) electrons. The van der Waals surface area contributed by atoms with Gasteiger partial charge in [-0.05, 0) is 170 Å².